The van der Waals surface area contributed by atoms with Crippen molar-refractivity contribution in [3.05, 3.63) is 63.8 Å². The van der Waals surface area contributed by atoms with Crippen molar-refractivity contribution in [1.82, 2.24) is 19.6 Å². The van der Waals surface area contributed by atoms with E-state index in [0.29, 0.717) is 12.2 Å². The summed E-state index contributed by atoms with van der Waals surface area (Å²) >= 11 is 0. The maximum Gasteiger partial charge on any atom is 0.277 e. The molecule has 0 unspecified atom stereocenters. The summed E-state index contributed by atoms with van der Waals surface area (Å²) in [5, 5.41) is 2.83. The quantitative estimate of drug-likeness (QED) is 0.780. The molecule has 21 heavy (non-hydrogen) atoms. The molecule has 0 amide bonds. The van der Waals surface area contributed by atoms with Crippen LogP contribution in [0.2, 0.25) is 0 Å². The third-order valence-corrected chi connectivity index (χ3v) is 3.60. The molecule has 0 saturated heterocycles. The molecule has 5 nitrogen and oxygen atoms in total. The minimum atomic E-state index is -0.0307. The van der Waals surface area contributed by atoms with Gasteiger partial charge in [-0.3, -0.25) is 9.89 Å². The molecular formula is C16H18N4O. The number of rotatable bonds is 5. The van der Waals surface area contributed by atoms with Gasteiger partial charge in [0.25, 0.3) is 11.3 Å². The molecule has 0 radical (unpaired) electrons. The van der Waals surface area contributed by atoms with E-state index in [2.05, 4.69) is 34.1 Å². The number of fused-ring (bicyclic) bond motifs is 1. The second kappa shape index (κ2) is 5.91. The van der Waals surface area contributed by atoms with Crippen molar-refractivity contribution in [2.75, 3.05) is 0 Å². The molecule has 5 heteroatoms. The highest BCUT2D eigenvalue weighted by atomic mass is 16.1. The molecule has 1 aromatic carbocycles. The second-order valence-corrected chi connectivity index (χ2v) is 5.10. The molecule has 3 aromatic rings. The maximum absolute atomic E-state index is 12.6. The number of benzene rings is 1. The van der Waals surface area contributed by atoms with Crippen molar-refractivity contribution in [3.8, 4) is 0 Å². The first-order valence-electron chi connectivity index (χ1n) is 7.27. The van der Waals surface area contributed by atoms with Gasteiger partial charge in [0, 0.05) is 5.56 Å². The van der Waals surface area contributed by atoms with Gasteiger partial charge in [-0.05, 0) is 24.8 Å². The van der Waals surface area contributed by atoms with Crippen molar-refractivity contribution in [3.63, 3.8) is 0 Å². The van der Waals surface area contributed by atoms with E-state index >= 15 is 0 Å². The minimum absolute atomic E-state index is 0.0307. The summed E-state index contributed by atoms with van der Waals surface area (Å²) in [6.07, 6.45) is 4.82. The first kappa shape index (κ1) is 13.5. The zero-order chi connectivity index (χ0) is 14.7. The Morgan fingerprint density at radius 1 is 1.14 bits per heavy atom. The van der Waals surface area contributed by atoms with Crippen molar-refractivity contribution < 1.29 is 0 Å². The van der Waals surface area contributed by atoms with Crippen molar-refractivity contribution in [1.29, 1.82) is 0 Å². The lowest BCUT2D eigenvalue weighted by Crippen LogP contribution is -2.23. The first-order valence-corrected chi connectivity index (χ1v) is 7.27. The fourth-order valence-corrected chi connectivity index (χ4v) is 2.54. The van der Waals surface area contributed by atoms with Gasteiger partial charge in [0.15, 0.2) is 0 Å². The van der Waals surface area contributed by atoms with Crippen molar-refractivity contribution >= 4 is 5.78 Å². The average molecular weight is 282 g/mol. The van der Waals surface area contributed by atoms with Gasteiger partial charge in [0.1, 0.15) is 6.33 Å². The maximum atomic E-state index is 12.6. The molecule has 0 atom stereocenters. The largest absolute Gasteiger partial charge is 0.278 e. The van der Waals surface area contributed by atoms with Gasteiger partial charge in [-0.2, -0.15) is 4.52 Å². The molecule has 0 bridgehead atoms. The Morgan fingerprint density at radius 3 is 2.71 bits per heavy atom. The van der Waals surface area contributed by atoms with Crippen molar-refractivity contribution in [2.24, 2.45) is 0 Å². The average Bonchev–Trinajstić information content (AvgIpc) is 2.97. The Kier molecular flexibility index (Phi) is 3.81. The van der Waals surface area contributed by atoms with Gasteiger partial charge < -0.3 is 0 Å². The third-order valence-electron chi connectivity index (χ3n) is 3.60. The Labute approximate surface area is 122 Å². The van der Waals surface area contributed by atoms with Gasteiger partial charge in [-0.1, -0.05) is 43.7 Å². The van der Waals surface area contributed by atoms with Crippen LogP contribution in [0.4, 0.5) is 0 Å². The number of hydrogen-bond acceptors (Lipinski definition) is 3. The monoisotopic (exact) mass is 282 g/mol. The van der Waals surface area contributed by atoms with Gasteiger partial charge in [-0.15, -0.1) is 0 Å². The highest BCUT2D eigenvalue weighted by Crippen LogP contribution is 2.10. The summed E-state index contributed by atoms with van der Waals surface area (Å²) in [7, 11) is 0. The van der Waals surface area contributed by atoms with E-state index in [4.69, 9.17) is 0 Å². The number of nitrogens with one attached hydrogen (secondary N) is 1. The molecule has 0 spiro atoms. The van der Waals surface area contributed by atoms with Crippen LogP contribution < -0.4 is 5.56 Å². The lowest BCUT2D eigenvalue weighted by molar-refractivity contribution is 0.785. The highest BCUT2D eigenvalue weighted by molar-refractivity contribution is 5.32. The number of aryl methyl sites for hydroxylation is 2. The van der Waals surface area contributed by atoms with Crippen LogP contribution in [0.15, 0.2) is 41.5 Å². The third kappa shape index (κ3) is 2.72. The molecule has 0 aliphatic rings. The summed E-state index contributed by atoms with van der Waals surface area (Å²) < 4.78 is 1.42. The molecule has 1 N–H and O–H groups in total. The Balaban J connectivity index is 1.97. The molecule has 108 valence electrons. The standard InChI is InChI=1S/C16H18N4O/c1-2-6-14-13(10-9-12-7-4-3-5-8-12)15(21)20-16(19-14)17-11-18-20/h3-5,7-8,11H,2,6,9-10H2,1H3,(H,17,18,19). The summed E-state index contributed by atoms with van der Waals surface area (Å²) in [6, 6.07) is 10.2. The van der Waals surface area contributed by atoms with Gasteiger partial charge in [0.2, 0.25) is 0 Å². The van der Waals surface area contributed by atoms with Crippen LogP contribution in [0.1, 0.15) is 30.2 Å². The predicted molar refractivity (Wildman–Crippen MR) is 81.5 cm³/mol. The number of aromatic nitrogens is 4. The molecule has 3 rings (SSSR count). The van der Waals surface area contributed by atoms with Crippen LogP contribution in [0.3, 0.4) is 0 Å². The zero-order valence-electron chi connectivity index (χ0n) is 12.0. The van der Waals surface area contributed by atoms with Gasteiger partial charge in [0.05, 0.1) is 5.69 Å². The number of hydrogen-bond donors (Lipinski definition) is 1. The Morgan fingerprint density at radius 2 is 1.95 bits per heavy atom. The fraction of sp³-hybridized carbons (Fsp3) is 0.312. The molecule has 0 fully saturated rings. The van der Waals surface area contributed by atoms with E-state index in [1.807, 2.05) is 18.2 Å². The zero-order valence-corrected chi connectivity index (χ0v) is 12.0. The van der Waals surface area contributed by atoms with Crippen LogP contribution in [0.5, 0.6) is 0 Å². The SMILES string of the molecule is CCCc1nc2nc[nH]n2c(=O)c1CCc1ccccc1. The lowest BCUT2D eigenvalue weighted by atomic mass is 10.0. The van der Waals surface area contributed by atoms with Crippen LogP contribution in [-0.2, 0) is 19.3 Å². The molecule has 0 aliphatic heterocycles. The summed E-state index contributed by atoms with van der Waals surface area (Å²) in [4.78, 5) is 21.2. The van der Waals surface area contributed by atoms with E-state index < -0.39 is 0 Å². The normalized spacial score (nSPS) is 11.1. The molecular weight excluding hydrogens is 264 g/mol. The van der Waals surface area contributed by atoms with Gasteiger partial charge >= 0.3 is 0 Å². The Hall–Kier alpha value is -2.43. The number of nitrogens with zero attached hydrogens (tertiary/aromatic N) is 3. The summed E-state index contributed by atoms with van der Waals surface area (Å²) in [6.45, 7) is 2.09. The number of aromatic amines is 1. The molecule has 2 heterocycles. The van der Waals surface area contributed by atoms with Gasteiger partial charge in [-0.25, -0.2) is 9.97 Å². The van der Waals surface area contributed by atoms with Crippen LogP contribution in [0, 0.1) is 0 Å². The topological polar surface area (TPSA) is 63.1 Å². The predicted octanol–water partition coefficient (Wildman–Crippen LogP) is 2.16. The highest BCUT2D eigenvalue weighted by Gasteiger charge is 2.13. The Bertz CT molecular complexity index is 789. The van der Waals surface area contributed by atoms with Crippen LogP contribution in [-0.4, -0.2) is 19.6 Å². The minimum Gasteiger partial charge on any atom is -0.278 e. The smallest absolute Gasteiger partial charge is 0.277 e. The fourth-order valence-electron chi connectivity index (χ4n) is 2.54. The van der Waals surface area contributed by atoms with Crippen molar-refractivity contribution in [2.45, 2.75) is 32.6 Å². The van der Waals surface area contributed by atoms with E-state index in [1.54, 1.807) is 0 Å². The first-order chi connectivity index (χ1) is 10.3. The summed E-state index contributed by atoms with van der Waals surface area (Å²) in [5.74, 6) is 0.451. The van der Waals surface area contributed by atoms with E-state index in [9.17, 15) is 4.79 Å². The van der Waals surface area contributed by atoms with E-state index in [1.165, 1.54) is 16.4 Å². The van der Waals surface area contributed by atoms with Crippen LogP contribution in [0.25, 0.3) is 5.78 Å². The molecule has 0 saturated carbocycles. The molecule has 2 aromatic heterocycles. The summed E-state index contributed by atoms with van der Waals surface area (Å²) in [5.41, 5.74) is 2.87. The van der Waals surface area contributed by atoms with E-state index in [-0.39, 0.29) is 5.56 Å². The lowest BCUT2D eigenvalue weighted by Gasteiger charge is -2.07. The van der Waals surface area contributed by atoms with Crippen LogP contribution >= 0.6 is 0 Å². The second-order valence-electron chi connectivity index (χ2n) is 5.10. The molecule has 0 aliphatic carbocycles. The van der Waals surface area contributed by atoms with E-state index in [0.717, 1.165) is 30.5 Å². The number of H-pyrrole nitrogens is 1.